The fraction of sp³-hybridized carbons (Fsp3) is 0.409. The van der Waals surface area contributed by atoms with Crippen molar-refractivity contribution in [1.82, 2.24) is 4.31 Å². The van der Waals surface area contributed by atoms with Crippen molar-refractivity contribution < 1.29 is 17.9 Å². The van der Waals surface area contributed by atoms with E-state index < -0.39 is 21.3 Å². The molecule has 0 bridgehead atoms. The zero-order valence-corrected chi connectivity index (χ0v) is 18.6. The minimum absolute atomic E-state index is 0.0305. The smallest absolute Gasteiger partial charge is 0.218 e. The highest BCUT2D eigenvalue weighted by Gasteiger charge is 2.40. The standard InChI is InChI=1S/C22H27ClN2O4S/c1-17-13-19(7-8-20(17)23)29-16-22(14-21(24)26)9-11-25(12-10-22)30(27,28)15-18-5-3-2-4-6-18/h2-8,13H,9-12,14-16H2,1H3,(H2,24,26). The summed E-state index contributed by atoms with van der Waals surface area (Å²) < 4.78 is 33.1. The number of sulfonamides is 1. The normalized spacial score (nSPS) is 16.9. The van der Waals surface area contributed by atoms with Crippen LogP contribution in [-0.2, 0) is 20.6 Å². The molecule has 8 heteroatoms. The number of primary amides is 1. The number of carbonyl (C=O) groups excluding carboxylic acids is 1. The fourth-order valence-electron chi connectivity index (χ4n) is 3.80. The maximum Gasteiger partial charge on any atom is 0.218 e. The van der Waals surface area contributed by atoms with Gasteiger partial charge in [0.2, 0.25) is 15.9 Å². The minimum atomic E-state index is -3.43. The zero-order valence-electron chi connectivity index (χ0n) is 17.0. The Kier molecular flexibility index (Phi) is 7.06. The van der Waals surface area contributed by atoms with Crippen LogP contribution in [-0.4, -0.2) is 38.3 Å². The summed E-state index contributed by atoms with van der Waals surface area (Å²) in [7, 11) is -3.43. The molecule has 0 atom stereocenters. The lowest BCUT2D eigenvalue weighted by Gasteiger charge is -2.40. The predicted octanol–water partition coefficient (Wildman–Crippen LogP) is 3.51. The van der Waals surface area contributed by atoms with Gasteiger partial charge in [0.25, 0.3) is 0 Å². The molecular weight excluding hydrogens is 424 g/mol. The summed E-state index contributed by atoms with van der Waals surface area (Å²) in [6.45, 7) is 2.87. The molecule has 6 nitrogen and oxygen atoms in total. The Hall–Kier alpha value is -2.09. The van der Waals surface area contributed by atoms with Gasteiger partial charge in [-0.15, -0.1) is 0 Å². The number of hydrogen-bond donors (Lipinski definition) is 1. The molecule has 2 aromatic carbocycles. The molecule has 0 spiro atoms. The van der Waals surface area contributed by atoms with E-state index in [1.807, 2.05) is 31.2 Å². The summed E-state index contributed by atoms with van der Waals surface area (Å²) in [6, 6.07) is 14.5. The number of amides is 1. The molecule has 1 aliphatic rings. The van der Waals surface area contributed by atoms with Gasteiger partial charge in [0.15, 0.2) is 0 Å². The van der Waals surface area contributed by atoms with Crippen molar-refractivity contribution in [3.63, 3.8) is 0 Å². The molecule has 2 N–H and O–H groups in total. The lowest BCUT2D eigenvalue weighted by Crippen LogP contribution is -2.47. The highest BCUT2D eigenvalue weighted by atomic mass is 35.5. The second kappa shape index (κ2) is 9.37. The lowest BCUT2D eigenvalue weighted by atomic mass is 9.76. The number of benzene rings is 2. The van der Waals surface area contributed by atoms with Crippen LogP contribution in [0.25, 0.3) is 0 Å². The van der Waals surface area contributed by atoms with Crippen LogP contribution in [0.1, 0.15) is 30.4 Å². The molecular formula is C22H27ClN2O4S. The topological polar surface area (TPSA) is 89.7 Å². The molecule has 0 aromatic heterocycles. The molecule has 1 amide bonds. The average Bonchev–Trinajstić information content (AvgIpc) is 2.69. The van der Waals surface area contributed by atoms with Crippen molar-refractivity contribution in [3.8, 4) is 5.75 Å². The van der Waals surface area contributed by atoms with Crippen molar-refractivity contribution >= 4 is 27.5 Å². The largest absolute Gasteiger partial charge is 0.493 e. The SMILES string of the molecule is Cc1cc(OCC2(CC(N)=O)CCN(S(=O)(=O)Cc3ccccc3)CC2)ccc1Cl. The van der Waals surface area contributed by atoms with E-state index in [0.29, 0.717) is 43.3 Å². The number of nitrogens with zero attached hydrogens (tertiary/aromatic N) is 1. The number of rotatable bonds is 8. The first-order valence-corrected chi connectivity index (χ1v) is 11.9. The quantitative estimate of drug-likeness (QED) is 0.666. The van der Waals surface area contributed by atoms with Crippen molar-refractivity contribution in [2.45, 2.75) is 31.9 Å². The number of aryl methyl sites for hydroxylation is 1. The third kappa shape index (κ3) is 5.74. The predicted molar refractivity (Wildman–Crippen MR) is 118 cm³/mol. The first kappa shape index (κ1) is 22.6. The molecule has 1 fully saturated rings. The summed E-state index contributed by atoms with van der Waals surface area (Å²) in [5, 5.41) is 0.658. The molecule has 162 valence electrons. The maximum atomic E-state index is 12.8. The van der Waals surface area contributed by atoms with Crippen molar-refractivity contribution in [2.24, 2.45) is 11.1 Å². The van der Waals surface area contributed by atoms with Gasteiger partial charge in [-0.05, 0) is 49.1 Å². The van der Waals surface area contributed by atoms with Crippen molar-refractivity contribution in [2.75, 3.05) is 19.7 Å². The summed E-state index contributed by atoms with van der Waals surface area (Å²) in [5.41, 5.74) is 6.67. The molecule has 30 heavy (non-hydrogen) atoms. The van der Waals surface area contributed by atoms with Gasteiger partial charge < -0.3 is 10.5 Å². The van der Waals surface area contributed by atoms with E-state index in [-0.39, 0.29) is 12.2 Å². The first-order valence-electron chi connectivity index (χ1n) is 9.88. The number of ether oxygens (including phenoxy) is 1. The monoisotopic (exact) mass is 450 g/mol. The van der Waals surface area contributed by atoms with Crippen LogP contribution >= 0.6 is 11.6 Å². The Morgan fingerprint density at radius 3 is 2.43 bits per heavy atom. The number of halogens is 1. The van der Waals surface area contributed by atoms with Gasteiger partial charge in [0.1, 0.15) is 5.75 Å². The zero-order chi connectivity index (χ0) is 21.8. The third-order valence-corrected chi connectivity index (χ3v) is 7.87. The average molecular weight is 451 g/mol. The maximum absolute atomic E-state index is 12.8. The highest BCUT2D eigenvalue weighted by Crippen LogP contribution is 2.37. The fourth-order valence-corrected chi connectivity index (χ4v) is 5.45. The molecule has 0 radical (unpaired) electrons. The Morgan fingerprint density at radius 1 is 1.17 bits per heavy atom. The van der Waals surface area contributed by atoms with Gasteiger partial charge in [-0.25, -0.2) is 12.7 Å². The van der Waals surface area contributed by atoms with Crippen LogP contribution in [0.5, 0.6) is 5.75 Å². The number of carbonyl (C=O) groups is 1. The van der Waals surface area contributed by atoms with Gasteiger partial charge in [-0.2, -0.15) is 0 Å². The Labute approximate surface area is 183 Å². The van der Waals surface area contributed by atoms with E-state index >= 15 is 0 Å². The third-order valence-electron chi connectivity index (χ3n) is 5.59. The van der Waals surface area contributed by atoms with E-state index in [2.05, 4.69) is 0 Å². The van der Waals surface area contributed by atoms with E-state index in [0.717, 1.165) is 11.1 Å². The minimum Gasteiger partial charge on any atom is -0.493 e. The van der Waals surface area contributed by atoms with Gasteiger partial charge in [-0.1, -0.05) is 41.9 Å². The summed E-state index contributed by atoms with van der Waals surface area (Å²) in [6.07, 6.45) is 1.18. The van der Waals surface area contributed by atoms with Crippen molar-refractivity contribution in [3.05, 3.63) is 64.7 Å². The Bertz CT molecular complexity index is 987. The summed E-state index contributed by atoms with van der Waals surface area (Å²) in [4.78, 5) is 11.7. The molecule has 2 aromatic rings. The molecule has 0 saturated carbocycles. The molecule has 0 aliphatic carbocycles. The van der Waals surface area contributed by atoms with Crippen LogP contribution < -0.4 is 10.5 Å². The number of hydrogen-bond acceptors (Lipinski definition) is 4. The molecule has 0 unspecified atom stereocenters. The first-order chi connectivity index (χ1) is 14.2. The molecule has 1 aliphatic heterocycles. The Balaban J connectivity index is 1.67. The van der Waals surface area contributed by atoms with E-state index in [1.165, 1.54) is 4.31 Å². The highest BCUT2D eigenvalue weighted by molar-refractivity contribution is 7.88. The van der Waals surface area contributed by atoms with E-state index in [9.17, 15) is 13.2 Å². The van der Waals surface area contributed by atoms with Gasteiger partial charge >= 0.3 is 0 Å². The van der Waals surface area contributed by atoms with Crippen molar-refractivity contribution in [1.29, 1.82) is 0 Å². The van der Waals surface area contributed by atoms with Crippen LogP contribution in [0.15, 0.2) is 48.5 Å². The Morgan fingerprint density at radius 2 is 1.83 bits per heavy atom. The van der Waals surface area contributed by atoms with Crippen LogP contribution in [0, 0.1) is 12.3 Å². The lowest BCUT2D eigenvalue weighted by molar-refractivity contribution is -0.121. The number of piperidine rings is 1. The van der Waals surface area contributed by atoms with Gasteiger partial charge in [0.05, 0.1) is 12.4 Å². The van der Waals surface area contributed by atoms with Gasteiger partial charge in [-0.3, -0.25) is 4.79 Å². The molecule has 3 rings (SSSR count). The number of nitrogens with two attached hydrogens (primary N) is 1. The second-order valence-electron chi connectivity index (χ2n) is 7.98. The van der Waals surface area contributed by atoms with Crippen LogP contribution in [0.3, 0.4) is 0 Å². The summed E-state index contributed by atoms with van der Waals surface area (Å²) >= 11 is 6.06. The molecule has 1 saturated heterocycles. The summed E-state index contributed by atoms with van der Waals surface area (Å²) in [5.74, 6) is 0.225. The van der Waals surface area contributed by atoms with E-state index in [4.69, 9.17) is 22.1 Å². The second-order valence-corrected chi connectivity index (χ2v) is 10.4. The van der Waals surface area contributed by atoms with Crippen LogP contribution in [0.2, 0.25) is 5.02 Å². The van der Waals surface area contributed by atoms with Crippen LogP contribution in [0.4, 0.5) is 0 Å². The van der Waals surface area contributed by atoms with E-state index in [1.54, 1.807) is 24.3 Å². The van der Waals surface area contributed by atoms with Gasteiger partial charge in [0, 0.05) is 29.9 Å². The molecule has 1 heterocycles.